The van der Waals surface area contributed by atoms with Crippen molar-refractivity contribution >= 4 is 16.1 Å². The first-order chi connectivity index (χ1) is 9.28. The predicted octanol–water partition coefficient (Wildman–Crippen LogP) is 0.898. The van der Waals surface area contributed by atoms with E-state index in [9.17, 15) is 17.8 Å². The van der Waals surface area contributed by atoms with Gasteiger partial charge in [0.05, 0.1) is 42.9 Å². The molecule has 0 aliphatic heterocycles. The van der Waals surface area contributed by atoms with Crippen molar-refractivity contribution in [3.8, 4) is 0 Å². The Morgan fingerprint density at radius 1 is 1.25 bits per heavy atom. The fraction of sp³-hybridized carbons (Fsp3) is 0.769. The Morgan fingerprint density at radius 2 is 1.80 bits per heavy atom. The Kier molecular flexibility index (Phi) is 8.68. The molecule has 0 saturated carbocycles. The summed E-state index contributed by atoms with van der Waals surface area (Å²) in [6.45, 7) is 10.8. The summed E-state index contributed by atoms with van der Waals surface area (Å²) in [5.74, 6) is -0.758. The lowest BCUT2D eigenvalue weighted by Gasteiger charge is -2.37. The molecule has 0 atom stereocenters. The highest BCUT2D eigenvalue weighted by Crippen LogP contribution is 2.10. The van der Waals surface area contributed by atoms with Crippen LogP contribution in [-0.4, -0.2) is 62.0 Å². The SMILES string of the molecule is C=CC(=O)OCCC[N+](CC)(CC)CCCS(=O)(=O)[O-]. The van der Waals surface area contributed by atoms with Crippen LogP contribution in [0.3, 0.4) is 0 Å². The molecule has 118 valence electrons. The number of carbonyl (C=O) groups is 1. The zero-order valence-electron chi connectivity index (χ0n) is 12.3. The highest BCUT2D eigenvalue weighted by atomic mass is 32.2. The fourth-order valence-corrected chi connectivity index (χ4v) is 2.66. The highest BCUT2D eigenvalue weighted by molar-refractivity contribution is 7.85. The second-order valence-corrected chi connectivity index (χ2v) is 6.29. The molecule has 0 aliphatic carbocycles. The van der Waals surface area contributed by atoms with Crippen LogP contribution in [-0.2, 0) is 19.6 Å². The monoisotopic (exact) mass is 307 g/mol. The summed E-state index contributed by atoms with van der Waals surface area (Å²) in [6, 6.07) is 0. The van der Waals surface area contributed by atoms with Crippen LogP contribution in [0.2, 0.25) is 0 Å². The van der Waals surface area contributed by atoms with Gasteiger partial charge in [0.25, 0.3) is 0 Å². The van der Waals surface area contributed by atoms with Crippen molar-refractivity contribution in [2.45, 2.75) is 26.7 Å². The first kappa shape index (κ1) is 19.1. The lowest BCUT2D eigenvalue weighted by Crippen LogP contribution is -2.49. The fourth-order valence-electron chi connectivity index (χ4n) is 2.18. The van der Waals surface area contributed by atoms with Gasteiger partial charge < -0.3 is 13.8 Å². The minimum atomic E-state index is -4.14. The van der Waals surface area contributed by atoms with Gasteiger partial charge in [0.15, 0.2) is 0 Å². The number of hydrogen-bond donors (Lipinski definition) is 0. The average molecular weight is 307 g/mol. The Morgan fingerprint density at radius 3 is 2.25 bits per heavy atom. The van der Waals surface area contributed by atoms with Crippen LogP contribution < -0.4 is 0 Å². The Bertz CT molecular complexity index is 401. The Labute approximate surface area is 121 Å². The standard InChI is InChI=1S/C13H25NO5S/c1-4-13(15)19-11-7-9-14(5-2,6-3)10-8-12-20(16,17)18/h4H,1,5-12H2,2-3H3. The lowest BCUT2D eigenvalue weighted by molar-refractivity contribution is -0.925. The maximum absolute atomic E-state index is 10.9. The van der Waals surface area contributed by atoms with E-state index >= 15 is 0 Å². The number of hydrogen-bond acceptors (Lipinski definition) is 5. The van der Waals surface area contributed by atoms with E-state index in [0.29, 0.717) is 26.0 Å². The molecule has 0 aromatic rings. The molecule has 0 heterocycles. The van der Waals surface area contributed by atoms with Crippen LogP contribution in [0.1, 0.15) is 26.7 Å². The molecule has 7 heteroatoms. The third-order valence-electron chi connectivity index (χ3n) is 3.56. The molecule has 0 fully saturated rings. The Hall–Kier alpha value is -0.920. The van der Waals surface area contributed by atoms with E-state index in [1.807, 2.05) is 13.8 Å². The van der Waals surface area contributed by atoms with E-state index in [-0.39, 0.29) is 5.75 Å². The van der Waals surface area contributed by atoms with Crippen LogP contribution in [0.15, 0.2) is 12.7 Å². The average Bonchev–Trinajstić information content (AvgIpc) is 2.40. The Balaban J connectivity index is 4.23. The third kappa shape index (κ3) is 8.29. The molecule has 0 rings (SSSR count). The van der Waals surface area contributed by atoms with E-state index < -0.39 is 16.1 Å². The summed E-state index contributed by atoms with van der Waals surface area (Å²) in [6.07, 6.45) is 2.19. The van der Waals surface area contributed by atoms with Gasteiger partial charge in [-0.2, -0.15) is 0 Å². The van der Waals surface area contributed by atoms with Crippen molar-refractivity contribution in [2.75, 3.05) is 38.5 Å². The molecule has 0 spiro atoms. The predicted molar refractivity (Wildman–Crippen MR) is 76.0 cm³/mol. The second-order valence-electron chi connectivity index (χ2n) is 4.76. The summed E-state index contributed by atoms with van der Waals surface area (Å²) in [5, 5.41) is 0. The molecule has 0 aromatic carbocycles. The van der Waals surface area contributed by atoms with Gasteiger partial charge in [0, 0.05) is 24.7 Å². The summed E-state index contributed by atoms with van der Waals surface area (Å²) in [7, 11) is -4.14. The van der Waals surface area contributed by atoms with Gasteiger partial charge in [0.1, 0.15) is 0 Å². The van der Waals surface area contributed by atoms with Crippen LogP contribution >= 0.6 is 0 Å². The molecule has 0 N–H and O–H groups in total. The summed E-state index contributed by atoms with van der Waals surface area (Å²) < 4.78 is 37.5. The zero-order valence-corrected chi connectivity index (χ0v) is 13.2. The van der Waals surface area contributed by atoms with Crippen molar-refractivity contribution in [1.82, 2.24) is 0 Å². The highest BCUT2D eigenvalue weighted by Gasteiger charge is 2.22. The van der Waals surface area contributed by atoms with Gasteiger partial charge in [-0.3, -0.25) is 0 Å². The smallest absolute Gasteiger partial charge is 0.330 e. The molecule has 0 bridgehead atoms. The van der Waals surface area contributed by atoms with Gasteiger partial charge in [-0.1, -0.05) is 6.58 Å². The molecule has 0 aliphatic rings. The zero-order chi connectivity index (χ0) is 15.6. The van der Waals surface area contributed by atoms with Crippen molar-refractivity contribution in [3.63, 3.8) is 0 Å². The molecular formula is C13H25NO5S. The quantitative estimate of drug-likeness (QED) is 0.186. The molecule has 20 heavy (non-hydrogen) atoms. The van der Waals surface area contributed by atoms with Crippen molar-refractivity contribution in [1.29, 1.82) is 0 Å². The number of nitrogens with zero attached hydrogens (tertiary/aromatic N) is 1. The van der Waals surface area contributed by atoms with Crippen molar-refractivity contribution < 1.29 is 27.0 Å². The van der Waals surface area contributed by atoms with Crippen LogP contribution in [0.4, 0.5) is 0 Å². The molecular weight excluding hydrogens is 282 g/mol. The number of esters is 1. The normalized spacial score (nSPS) is 12.2. The van der Waals surface area contributed by atoms with Crippen LogP contribution in [0.25, 0.3) is 0 Å². The lowest BCUT2D eigenvalue weighted by atomic mass is 10.2. The van der Waals surface area contributed by atoms with E-state index in [0.717, 1.165) is 30.2 Å². The molecule has 0 amide bonds. The summed E-state index contributed by atoms with van der Waals surface area (Å²) >= 11 is 0. The van der Waals surface area contributed by atoms with Gasteiger partial charge in [-0.05, 0) is 13.8 Å². The van der Waals surface area contributed by atoms with Crippen molar-refractivity contribution in [3.05, 3.63) is 12.7 Å². The molecule has 0 unspecified atom stereocenters. The minimum absolute atomic E-state index is 0.321. The minimum Gasteiger partial charge on any atom is -0.748 e. The van der Waals surface area contributed by atoms with E-state index in [4.69, 9.17) is 4.74 Å². The third-order valence-corrected chi connectivity index (χ3v) is 4.34. The van der Waals surface area contributed by atoms with E-state index in [1.54, 1.807) is 0 Å². The topological polar surface area (TPSA) is 83.5 Å². The maximum atomic E-state index is 10.9. The van der Waals surface area contributed by atoms with Crippen LogP contribution in [0.5, 0.6) is 0 Å². The van der Waals surface area contributed by atoms with E-state index in [1.165, 1.54) is 0 Å². The first-order valence-electron chi connectivity index (χ1n) is 6.86. The molecule has 0 saturated heterocycles. The van der Waals surface area contributed by atoms with Gasteiger partial charge in [0.2, 0.25) is 0 Å². The second kappa shape index (κ2) is 9.10. The maximum Gasteiger partial charge on any atom is 0.330 e. The van der Waals surface area contributed by atoms with Crippen LogP contribution in [0, 0.1) is 0 Å². The number of rotatable bonds is 11. The first-order valence-corrected chi connectivity index (χ1v) is 8.44. The van der Waals surface area contributed by atoms with Gasteiger partial charge >= 0.3 is 5.97 Å². The number of ether oxygens (including phenoxy) is 1. The summed E-state index contributed by atoms with van der Waals surface area (Å²) in [5.41, 5.74) is 0. The molecule has 0 aromatic heterocycles. The summed E-state index contributed by atoms with van der Waals surface area (Å²) in [4.78, 5) is 10.9. The number of carbonyl (C=O) groups excluding carboxylic acids is 1. The number of quaternary nitrogens is 1. The van der Waals surface area contributed by atoms with Crippen molar-refractivity contribution in [2.24, 2.45) is 0 Å². The molecule has 6 nitrogen and oxygen atoms in total. The molecule has 0 radical (unpaired) electrons. The largest absolute Gasteiger partial charge is 0.748 e. The van der Waals surface area contributed by atoms with E-state index in [2.05, 4.69) is 6.58 Å². The van der Waals surface area contributed by atoms with Gasteiger partial charge in [-0.25, -0.2) is 13.2 Å². The van der Waals surface area contributed by atoms with Gasteiger partial charge in [-0.15, -0.1) is 0 Å².